The molecule has 0 saturated heterocycles. The molecule has 1 aromatic carbocycles. The number of Topliss-reactive ketones (excluding diaryl/α,β-unsaturated/α-hetero) is 1. The van der Waals surface area contributed by atoms with Gasteiger partial charge in [0.1, 0.15) is 11.7 Å². The van der Waals surface area contributed by atoms with Crippen LogP contribution in [0.5, 0.6) is 5.75 Å². The van der Waals surface area contributed by atoms with Crippen LogP contribution in [0.4, 0.5) is 0 Å². The first-order valence-electron chi connectivity index (χ1n) is 5.49. The molecule has 0 saturated carbocycles. The summed E-state index contributed by atoms with van der Waals surface area (Å²) in [7, 11) is 1.57. The van der Waals surface area contributed by atoms with Crippen molar-refractivity contribution in [2.45, 2.75) is 5.92 Å². The van der Waals surface area contributed by atoms with E-state index in [1.807, 2.05) is 6.07 Å². The minimum atomic E-state index is -0.819. The number of carbonyl (C=O) groups is 1. The SMILES string of the molecule is COc1ccc(C(C#N)C(=O)c2ccc(Cl)s2)cc1. The first-order valence-corrected chi connectivity index (χ1v) is 6.68. The smallest absolute Gasteiger partial charge is 0.194 e. The molecule has 1 heterocycles. The highest BCUT2D eigenvalue weighted by Crippen LogP contribution is 2.28. The highest BCUT2D eigenvalue weighted by molar-refractivity contribution is 7.18. The summed E-state index contributed by atoms with van der Waals surface area (Å²) >= 11 is 6.99. The number of nitriles is 1. The Morgan fingerprint density at radius 1 is 1.32 bits per heavy atom. The molecular formula is C14H10ClNO2S. The zero-order chi connectivity index (χ0) is 13.8. The monoisotopic (exact) mass is 291 g/mol. The van der Waals surface area contributed by atoms with E-state index in [-0.39, 0.29) is 5.78 Å². The Morgan fingerprint density at radius 2 is 2.00 bits per heavy atom. The van der Waals surface area contributed by atoms with E-state index in [1.54, 1.807) is 43.5 Å². The zero-order valence-corrected chi connectivity index (χ0v) is 11.7. The van der Waals surface area contributed by atoms with Gasteiger partial charge in [-0.15, -0.1) is 11.3 Å². The van der Waals surface area contributed by atoms with Crippen molar-refractivity contribution in [3.05, 3.63) is 51.2 Å². The lowest BCUT2D eigenvalue weighted by Gasteiger charge is -2.08. The molecule has 0 fully saturated rings. The second kappa shape index (κ2) is 5.87. The second-order valence-corrected chi connectivity index (χ2v) is 5.52. The van der Waals surface area contributed by atoms with Gasteiger partial charge in [-0.25, -0.2) is 0 Å². The van der Waals surface area contributed by atoms with Crippen LogP contribution in [0.2, 0.25) is 4.34 Å². The van der Waals surface area contributed by atoms with E-state index >= 15 is 0 Å². The predicted octanol–water partition coefficient (Wildman–Crippen LogP) is 3.90. The summed E-state index contributed by atoms with van der Waals surface area (Å²) in [6, 6.07) is 12.2. The van der Waals surface area contributed by atoms with Crippen molar-refractivity contribution in [3.63, 3.8) is 0 Å². The van der Waals surface area contributed by atoms with E-state index < -0.39 is 5.92 Å². The summed E-state index contributed by atoms with van der Waals surface area (Å²) in [5, 5.41) is 9.21. The summed E-state index contributed by atoms with van der Waals surface area (Å²) < 4.78 is 5.58. The van der Waals surface area contributed by atoms with Crippen LogP contribution in [-0.4, -0.2) is 12.9 Å². The average Bonchev–Trinajstić information content (AvgIpc) is 2.87. The molecule has 0 aliphatic carbocycles. The molecule has 5 heteroatoms. The molecule has 96 valence electrons. The number of hydrogen-bond donors (Lipinski definition) is 0. The number of nitrogens with zero attached hydrogens (tertiary/aromatic N) is 1. The number of carbonyl (C=O) groups excluding carboxylic acids is 1. The van der Waals surface area contributed by atoms with Gasteiger partial charge in [-0.3, -0.25) is 4.79 Å². The number of thiophene rings is 1. The Labute approximate surface area is 120 Å². The molecule has 0 aliphatic heterocycles. The van der Waals surface area contributed by atoms with Gasteiger partial charge in [-0.1, -0.05) is 23.7 Å². The van der Waals surface area contributed by atoms with Crippen LogP contribution >= 0.6 is 22.9 Å². The molecule has 0 amide bonds. The van der Waals surface area contributed by atoms with Gasteiger partial charge in [-0.2, -0.15) is 5.26 Å². The van der Waals surface area contributed by atoms with Gasteiger partial charge in [0.05, 0.1) is 22.4 Å². The van der Waals surface area contributed by atoms with Gasteiger partial charge < -0.3 is 4.74 Å². The van der Waals surface area contributed by atoms with Gasteiger partial charge in [0.25, 0.3) is 0 Å². The molecule has 0 bridgehead atoms. The standard InChI is InChI=1S/C14H10ClNO2S/c1-18-10-4-2-9(3-5-10)11(8-16)14(17)12-6-7-13(15)19-12/h2-7,11H,1H3. The van der Waals surface area contributed by atoms with Crippen molar-refractivity contribution in [3.8, 4) is 11.8 Å². The molecule has 1 unspecified atom stereocenters. The Hall–Kier alpha value is -1.83. The summed E-state index contributed by atoms with van der Waals surface area (Å²) in [4.78, 5) is 12.7. The second-order valence-electron chi connectivity index (χ2n) is 3.80. The van der Waals surface area contributed by atoms with E-state index in [0.717, 1.165) is 0 Å². The fourth-order valence-electron chi connectivity index (χ4n) is 1.67. The number of ether oxygens (including phenoxy) is 1. The number of hydrogen-bond acceptors (Lipinski definition) is 4. The third kappa shape index (κ3) is 2.95. The van der Waals surface area contributed by atoms with Crippen LogP contribution < -0.4 is 4.74 Å². The third-order valence-electron chi connectivity index (χ3n) is 2.66. The largest absolute Gasteiger partial charge is 0.497 e. The fourth-order valence-corrected chi connectivity index (χ4v) is 2.68. The average molecular weight is 292 g/mol. The Bertz CT molecular complexity index is 628. The fraction of sp³-hybridized carbons (Fsp3) is 0.143. The van der Waals surface area contributed by atoms with Gasteiger partial charge in [-0.05, 0) is 29.8 Å². The number of ketones is 1. The molecular weight excluding hydrogens is 282 g/mol. The van der Waals surface area contributed by atoms with Crippen LogP contribution in [0, 0.1) is 11.3 Å². The Morgan fingerprint density at radius 3 is 2.47 bits per heavy atom. The van der Waals surface area contributed by atoms with Crippen molar-refractivity contribution in [1.29, 1.82) is 5.26 Å². The number of methoxy groups -OCH3 is 1. The molecule has 3 nitrogen and oxygen atoms in total. The van der Waals surface area contributed by atoms with Crippen molar-refractivity contribution in [2.24, 2.45) is 0 Å². The summed E-state index contributed by atoms with van der Waals surface area (Å²) in [6.07, 6.45) is 0. The van der Waals surface area contributed by atoms with Gasteiger partial charge in [0, 0.05) is 0 Å². The number of rotatable bonds is 4. The molecule has 0 radical (unpaired) electrons. The summed E-state index contributed by atoms with van der Waals surface area (Å²) in [5.41, 5.74) is 0.651. The molecule has 0 spiro atoms. The first kappa shape index (κ1) is 13.6. The molecule has 0 aliphatic rings. The normalized spacial score (nSPS) is 11.6. The topological polar surface area (TPSA) is 50.1 Å². The van der Waals surface area contributed by atoms with E-state index in [0.29, 0.717) is 20.5 Å². The molecule has 1 aromatic heterocycles. The van der Waals surface area contributed by atoms with Gasteiger partial charge in [0.2, 0.25) is 0 Å². The van der Waals surface area contributed by atoms with Crippen LogP contribution in [0.15, 0.2) is 36.4 Å². The molecule has 2 aromatic rings. The third-order valence-corrected chi connectivity index (χ3v) is 3.90. The number of benzene rings is 1. The van der Waals surface area contributed by atoms with Crippen molar-refractivity contribution in [2.75, 3.05) is 7.11 Å². The number of halogens is 1. The lowest BCUT2D eigenvalue weighted by molar-refractivity contribution is 0.0983. The summed E-state index contributed by atoms with van der Waals surface area (Å²) in [5.74, 6) is -0.364. The van der Waals surface area contributed by atoms with Crippen LogP contribution in [-0.2, 0) is 0 Å². The lowest BCUT2D eigenvalue weighted by atomic mass is 9.95. The van der Waals surface area contributed by atoms with E-state index in [1.165, 1.54) is 11.3 Å². The van der Waals surface area contributed by atoms with Crippen LogP contribution in [0.1, 0.15) is 21.2 Å². The van der Waals surface area contributed by atoms with E-state index in [4.69, 9.17) is 16.3 Å². The predicted molar refractivity (Wildman–Crippen MR) is 75.0 cm³/mol. The maximum atomic E-state index is 12.2. The van der Waals surface area contributed by atoms with Gasteiger partial charge in [0.15, 0.2) is 5.78 Å². The molecule has 19 heavy (non-hydrogen) atoms. The van der Waals surface area contributed by atoms with Crippen molar-refractivity contribution < 1.29 is 9.53 Å². The highest BCUT2D eigenvalue weighted by Gasteiger charge is 2.23. The maximum Gasteiger partial charge on any atom is 0.194 e. The molecule has 2 rings (SSSR count). The minimum absolute atomic E-state index is 0.232. The Balaban J connectivity index is 2.29. The molecule has 0 N–H and O–H groups in total. The Kier molecular flexibility index (Phi) is 4.20. The van der Waals surface area contributed by atoms with Crippen LogP contribution in [0.3, 0.4) is 0 Å². The maximum absolute atomic E-state index is 12.2. The van der Waals surface area contributed by atoms with Crippen molar-refractivity contribution in [1.82, 2.24) is 0 Å². The van der Waals surface area contributed by atoms with Gasteiger partial charge >= 0.3 is 0 Å². The van der Waals surface area contributed by atoms with Crippen molar-refractivity contribution >= 4 is 28.7 Å². The zero-order valence-electron chi connectivity index (χ0n) is 10.1. The minimum Gasteiger partial charge on any atom is -0.497 e. The van der Waals surface area contributed by atoms with E-state index in [9.17, 15) is 10.1 Å². The van der Waals surface area contributed by atoms with Crippen LogP contribution in [0.25, 0.3) is 0 Å². The lowest BCUT2D eigenvalue weighted by Crippen LogP contribution is -2.09. The van der Waals surface area contributed by atoms with E-state index in [2.05, 4.69) is 0 Å². The summed E-state index contributed by atoms with van der Waals surface area (Å²) in [6.45, 7) is 0. The molecule has 1 atom stereocenters. The first-order chi connectivity index (χ1) is 9.15. The highest BCUT2D eigenvalue weighted by atomic mass is 35.5. The quantitative estimate of drug-likeness (QED) is 0.803.